The summed E-state index contributed by atoms with van der Waals surface area (Å²) < 4.78 is 43.6. The molecule has 0 saturated carbocycles. The van der Waals surface area contributed by atoms with Crippen molar-refractivity contribution >= 4 is 11.5 Å². The largest absolute Gasteiger partial charge is 0.573 e. The lowest BCUT2D eigenvalue weighted by atomic mass is 10.0. The molecule has 3 heterocycles. The standard InChI is InChI=1S/C19H21F3N8O/c20-19(21,22)31-16-7-13(30-5-3-24-4-6-30)1-2-14(16)15-8-17(29-28-15)27-18-11-25-12(9-23)10-26-18/h1-2,7,10-11,15,17,24,28-29H,3-6,8H2,(H,26,27). The summed E-state index contributed by atoms with van der Waals surface area (Å²) >= 11 is 0. The Kier molecular flexibility index (Phi) is 6.08. The molecule has 164 valence electrons. The average molecular weight is 434 g/mol. The topological polar surface area (TPSA) is 110 Å². The maximum absolute atomic E-state index is 13.1. The van der Waals surface area contributed by atoms with Crippen LogP contribution in [0.1, 0.15) is 23.7 Å². The molecule has 2 aliphatic heterocycles. The number of nitriles is 1. The van der Waals surface area contributed by atoms with Crippen LogP contribution in [0.3, 0.4) is 0 Å². The van der Waals surface area contributed by atoms with E-state index >= 15 is 0 Å². The van der Waals surface area contributed by atoms with Crippen molar-refractivity contribution in [2.45, 2.75) is 25.0 Å². The van der Waals surface area contributed by atoms with Crippen LogP contribution in [0.5, 0.6) is 5.75 Å². The Morgan fingerprint density at radius 2 is 1.97 bits per heavy atom. The summed E-state index contributed by atoms with van der Waals surface area (Å²) in [4.78, 5) is 10.1. The number of nitrogens with zero attached hydrogens (tertiary/aromatic N) is 4. The lowest BCUT2D eigenvalue weighted by Crippen LogP contribution is -2.43. The van der Waals surface area contributed by atoms with Crippen LogP contribution in [0, 0.1) is 11.3 Å². The highest BCUT2D eigenvalue weighted by atomic mass is 19.4. The van der Waals surface area contributed by atoms with Gasteiger partial charge in [-0.3, -0.25) is 0 Å². The summed E-state index contributed by atoms with van der Waals surface area (Å²) in [5.41, 5.74) is 7.30. The van der Waals surface area contributed by atoms with Crippen molar-refractivity contribution in [3.05, 3.63) is 41.9 Å². The summed E-state index contributed by atoms with van der Waals surface area (Å²) in [5, 5.41) is 15.1. The first-order valence-corrected chi connectivity index (χ1v) is 9.76. The van der Waals surface area contributed by atoms with Gasteiger partial charge in [-0.1, -0.05) is 6.07 Å². The summed E-state index contributed by atoms with van der Waals surface area (Å²) in [6.45, 7) is 2.98. The molecule has 4 rings (SSSR count). The van der Waals surface area contributed by atoms with Gasteiger partial charge < -0.3 is 20.3 Å². The number of nitrogens with one attached hydrogen (secondary N) is 4. The van der Waals surface area contributed by atoms with Crippen LogP contribution < -0.4 is 31.1 Å². The van der Waals surface area contributed by atoms with Crippen LogP contribution in [0.25, 0.3) is 0 Å². The van der Waals surface area contributed by atoms with Gasteiger partial charge in [-0.15, -0.1) is 13.2 Å². The molecule has 0 aliphatic carbocycles. The second-order valence-corrected chi connectivity index (χ2v) is 7.18. The predicted octanol–water partition coefficient (Wildman–Crippen LogP) is 1.63. The fourth-order valence-electron chi connectivity index (χ4n) is 3.64. The van der Waals surface area contributed by atoms with Crippen molar-refractivity contribution in [1.29, 1.82) is 5.26 Å². The smallest absolute Gasteiger partial charge is 0.405 e. The molecule has 1 aromatic carbocycles. The molecule has 31 heavy (non-hydrogen) atoms. The molecule has 12 heteroatoms. The van der Waals surface area contributed by atoms with Crippen molar-refractivity contribution in [1.82, 2.24) is 26.1 Å². The maximum atomic E-state index is 13.1. The third-order valence-electron chi connectivity index (χ3n) is 5.07. The van der Waals surface area contributed by atoms with E-state index in [1.807, 2.05) is 17.0 Å². The first-order valence-electron chi connectivity index (χ1n) is 9.76. The molecule has 2 unspecified atom stereocenters. The SMILES string of the molecule is N#Cc1cnc(NC2CC(c3ccc(N4CCNCC4)cc3OC(F)(F)F)NN2)cn1. The highest BCUT2D eigenvalue weighted by Gasteiger charge is 2.35. The zero-order valence-corrected chi connectivity index (χ0v) is 16.4. The van der Waals surface area contributed by atoms with Gasteiger partial charge in [0.1, 0.15) is 17.6 Å². The lowest BCUT2D eigenvalue weighted by Gasteiger charge is -2.30. The Bertz CT molecular complexity index is 941. The van der Waals surface area contributed by atoms with Gasteiger partial charge in [0.05, 0.1) is 24.6 Å². The molecule has 0 radical (unpaired) electrons. The number of aromatic nitrogens is 2. The molecule has 4 N–H and O–H groups in total. The van der Waals surface area contributed by atoms with Crippen LogP contribution in [-0.2, 0) is 0 Å². The van der Waals surface area contributed by atoms with Crippen molar-refractivity contribution in [3.63, 3.8) is 0 Å². The van der Waals surface area contributed by atoms with Crippen LogP contribution in [0.4, 0.5) is 24.7 Å². The number of halogens is 3. The van der Waals surface area contributed by atoms with Gasteiger partial charge in [-0.05, 0) is 6.07 Å². The van der Waals surface area contributed by atoms with E-state index in [2.05, 4.69) is 36.2 Å². The fraction of sp³-hybridized carbons (Fsp3) is 0.421. The van der Waals surface area contributed by atoms with E-state index in [4.69, 9.17) is 5.26 Å². The zero-order chi connectivity index (χ0) is 21.8. The first kappa shape index (κ1) is 21.1. The molecule has 0 amide bonds. The Hall–Kier alpha value is -3.14. The van der Waals surface area contributed by atoms with E-state index in [9.17, 15) is 13.2 Å². The first-order chi connectivity index (χ1) is 14.9. The third kappa shape index (κ3) is 5.32. The van der Waals surface area contributed by atoms with E-state index < -0.39 is 12.4 Å². The monoisotopic (exact) mass is 434 g/mol. The molecule has 1 aromatic heterocycles. The van der Waals surface area contributed by atoms with E-state index in [1.54, 1.807) is 6.07 Å². The van der Waals surface area contributed by atoms with Crippen LogP contribution in [0.15, 0.2) is 30.6 Å². The maximum Gasteiger partial charge on any atom is 0.573 e. The van der Waals surface area contributed by atoms with Crippen molar-refractivity contribution in [2.24, 2.45) is 0 Å². The fourth-order valence-corrected chi connectivity index (χ4v) is 3.64. The number of benzene rings is 1. The second kappa shape index (κ2) is 8.93. The van der Waals surface area contributed by atoms with Gasteiger partial charge in [0.2, 0.25) is 0 Å². The summed E-state index contributed by atoms with van der Waals surface area (Å²) in [6, 6.07) is 6.40. The van der Waals surface area contributed by atoms with E-state index in [-0.39, 0.29) is 17.6 Å². The Morgan fingerprint density at radius 3 is 2.65 bits per heavy atom. The number of ether oxygens (including phenoxy) is 1. The van der Waals surface area contributed by atoms with Crippen LogP contribution in [-0.4, -0.2) is 48.7 Å². The third-order valence-corrected chi connectivity index (χ3v) is 5.07. The number of anilines is 2. The minimum absolute atomic E-state index is 0.194. The highest BCUT2D eigenvalue weighted by molar-refractivity contribution is 5.55. The quantitative estimate of drug-likeness (QED) is 0.558. The Morgan fingerprint density at radius 1 is 1.16 bits per heavy atom. The van der Waals surface area contributed by atoms with Crippen LogP contribution >= 0.6 is 0 Å². The van der Waals surface area contributed by atoms with Crippen molar-refractivity contribution < 1.29 is 17.9 Å². The van der Waals surface area contributed by atoms with Crippen molar-refractivity contribution in [3.8, 4) is 11.8 Å². The molecule has 2 aromatic rings. The van der Waals surface area contributed by atoms with E-state index in [0.29, 0.717) is 36.6 Å². The Balaban J connectivity index is 1.50. The summed E-state index contributed by atoms with van der Waals surface area (Å²) in [6.07, 6.45) is -1.90. The molecule has 0 spiro atoms. The van der Waals surface area contributed by atoms with Crippen LogP contribution in [0.2, 0.25) is 0 Å². The molecule has 2 fully saturated rings. The lowest BCUT2D eigenvalue weighted by molar-refractivity contribution is -0.275. The molecule has 2 atom stereocenters. The van der Waals surface area contributed by atoms with Gasteiger partial charge in [0.15, 0.2) is 5.69 Å². The second-order valence-electron chi connectivity index (χ2n) is 7.18. The number of rotatable bonds is 5. The molecule has 2 saturated heterocycles. The van der Waals surface area contributed by atoms with E-state index in [1.165, 1.54) is 18.5 Å². The molecule has 0 bridgehead atoms. The zero-order valence-electron chi connectivity index (χ0n) is 16.4. The van der Waals surface area contributed by atoms with Gasteiger partial charge in [-0.25, -0.2) is 20.8 Å². The predicted molar refractivity (Wildman–Crippen MR) is 106 cm³/mol. The Labute approximate surface area is 176 Å². The van der Waals surface area contributed by atoms with Gasteiger partial charge in [0.25, 0.3) is 0 Å². The number of hydrogen-bond donors (Lipinski definition) is 4. The normalized spacial score (nSPS) is 21.5. The minimum Gasteiger partial charge on any atom is -0.405 e. The summed E-state index contributed by atoms with van der Waals surface area (Å²) in [5.74, 6) is 0.224. The minimum atomic E-state index is -4.79. The molecular formula is C19H21F3N8O. The highest BCUT2D eigenvalue weighted by Crippen LogP contribution is 2.36. The van der Waals surface area contributed by atoms with Gasteiger partial charge in [0, 0.05) is 49.9 Å². The summed E-state index contributed by atoms with van der Waals surface area (Å²) in [7, 11) is 0. The number of hydrogen-bond acceptors (Lipinski definition) is 9. The molecular weight excluding hydrogens is 413 g/mol. The average Bonchev–Trinajstić information content (AvgIpc) is 3.22. The number of piperazine rings is 1. The van der Waals surface area contributed by atoms with Gasteiger partial charge in [-0.2, -0.15) is 5.26 Å². The number of hydrazine groups is 1. The van der Waals surface area contributed by atoms with Crippen molar-refractivity contribution in [2.75, 3.05) is 36.4 Å². The molecule has 2 aliphatic rings. The molecule has 9 nitrogen and oxygen atoms in total. The van der Waals surface area contributed by atoms with Gasteiger partial charge >= 0.3 is 6.36 Å². The van der Waals surface area contributed by atoms with E-state index in [0.717, 1.165) is 13.1 Å². The number of alkyl halides is 3.